The fraction of sp³-hybridized carbons (Fsp3) is 0.133. The molecule has 2 heterocycles. The maximum Gasteiger partial charge on any atom is 0.387 e. The van der Waals surface area contributed by atoms with Gasteiger partial charge < -0.3 is 4.74 Å². The number of alkyl halides is 2. The van der Waals surface area contributed by atoms with Gasteiger partial charge in [0, 0.05) is 24.2 Å². The van der Waals surface area contributed by atoms with Crippen molar-refractivity contribution in [3.63, 3.8) is 0 Å². The molecule has 124 valence electrons. The van der Waals surface area contributed by atoms with Crippen LogP contribution in [0.15, 0.2) is 41.9 Å². The highest BCUT2D eigenvalue weighted by Gasteiger charge is 2.12. The van der Waals surface area contributed by atoms with Crippen molar-refractivity contribution in [1.29, 1.82) is 0 Å². The van der Waals surface area contributed by atoms with E-state index < -0.39 is 6.61 Å². The monoisotopic (exact) mass is 350 g/mol. The van der Waals surface area contributed by atoms with E-state index in [1.165, 1.54) is 28.2 Å². The van der Waals surface area contributed by atoms with E-state index in [0.29, 0.717) is 16.5 Å². The fourth-order valence-electron chi connectivity index (χ4n) is 1.97. The Hall–Kier alpha value is -2.81. The lowest BCUT2D eigenvalue weighted by Gasteiger charge is -2.04. The summed E-state index contributed by atoms with van der Waals surface area (Å²) < 4.78 is 30.1. The largest absolute Gasteiger partial charge is 0.435 e. The molecule has 0 radical (unpaired) electrons. The normalized spacial score (nSPS) is 10.8. The van der Waals surface area contributed by atoms with Gasteiger partial charge in [-0.25, -0.2) is 4.98 Å². The minimum absolute atomic E-state index is 0.0765. The van der Waals surface area contributed by atoms with Gasteiger partial charge in [0.25, 0.3) is 5.91 Å². The molecule has 3 aromatic rings. The van der Waals surface area contributed by atoms with Crippen LogP contribution in [0.4, 0.5) is 13.9 Å². The number of aryl methyl sites for hydroxylation is 1. The summed E-state index contributed by atoms with van der Waals surface area (Å²) in [6.07, 6.45) is 1.67. The summed E-state index contributed by atoms with van der Waals surface area (Å²) in [5.74, 6) is -0.273. The van der Waals surface area contributed by atoms with Crippen molar-refractivity contribution in [3.8, 4) is 17.0 Å². The first kappa shape index (κ1) is 16.1. The molecular weight excluding hydrogens is 338 g/mol. The van der Waals surface area contributed by atoms with Crippen molar-refractivity contribution in [3.05, 3.63) is 47.6 Å². The van der Waals surface area contributed by atoms with Crippen LogP contribution in [0, 0.1) is 0 Å². The summed E-state index contributed by atoms with van der Waals surface area (Å²) >= 11 is 1.26. The molecule has 0 saturated heterocycles. The predicted octanol–water partition coefficient (Wildman–Crippen LogP) is 3.40. The summed E-state index contributed by atoms with van der Waals surface area (Å²) in [6.45, 7) is -2.86. The SMILES string of the molecule is Cn1ccc(C(=O)Nc2nc(-c3ccc(OC(F)F)cc3)cs2)n1. The van der Waals surface area contributed by atoms with Gasteiger partial charge in [-0.05, 0) is 30.3 Å². The maximum absolute atomic E-state index is 12.1. The van der Waals surface area contributed by atoms with Gasteiger partial charge in [0.05, 0.1) is 5.69 Å². The molecule has 0 aliphatic rings. The number of halogens is 2. The zero-order chi connectivity index (χ0) is 17.1. The smallest absolute Gasteiger partial charge is 0.387 e. The number of anilines is 1. The molecule has 9 heteroatoms. The van der Waals surface area contributed by atoms with Crippen molar-refractivity contribution in [2.75, 3.05) is 5.32 Å². The molecule has 6 nitrogen and oxygen atoms in total. The van der Waals surface area contributed by atoms with Gasteiger partial charge in [0.1, 0.15) is 5.75 Å². The Morgan fingerprint density at radius 3 is 2.67 bits per heavy atom. The third kappa shape index (κ3) is 3.74. The number of nitrogens with zero attached hydrogens (tertiary/aromatic N) is 3. The summed E-state index contributed by atoms with van der Waals surface area (Å²) in [7, 11) is 1.72. The molecule has 0 aliphatic carbocycles. The van der Waals surface area contributed by atoms with E-state index in [1.54, 1.807) is 36.8 Å². The molecule has 0 aliphatic heterocycles. The fourth-order valence-corrected chi connectivity index (χ4v) is 2.68. The molecule has 1 aromatic carbocycles. The summed E-state index contributed by atoms with van der Waals surface area (Å²) in [6, 6.07) is 7.72. The molecule has 2 aromatic heterocycles. The lowest BCUT2D eigenvalue weighted by atomic mass is 10.2. The van der Waals surface area contributed by atoms with E-state index in [-0.39, 0.29) is 11.7 Å². The van der Waals surface area contributed by atoms with E-state index in [2.05, 4.69) is 20.1 Å². The van der Waals surface area contributed by atoms with E-state index in [0.717, 1.165) is 5.56 Å². The molecule has 1 N–H and O–H groups in total. The van der Waals surface area contributed by atoms with Gasteiger partial charge in [-0.3, -0.25) is 14.8 Å². The van der Waals surface area contributed by atoms with E-state index in [4.69, 9.17) is 0 Å². The van der Waals surface area contributed by atoms with Crippen molar-refractivity contribution < 1.29 is 18.3 Å². The number of rotatable bonds is 5. The molecule has 0 atom stereocenters. The third-order valence-corrected chi connectivity index (χ3v) is 3.80. The number of benzene rings is 1. The predicted molar refractivity (Wildman–Crippen MR) is 85.3 cm³/mol. The quantitative estimate of drug-likeness (QED) is 0.766. The number of carbonyl (C=O) groups is 1. The second-order valence-electron chi connectivity index (χ2n) is 4.77. The molecule has 0 spiro atoms. The number of nitrogens with one attached hydrogen (secondary N) is 1. The van der Waals surface area contributed by atoms with Gasteiger partial charge in [-0.2, -0.15) is 13.9 Å². The Morgan fingerprint density at radius 1 is 1.29 bits per heavy atom. The van der Waals surface area contributed by atoms with Gasteiger partial charge in [0.2, 0.25) is 0 Å². The lowest BCUT2D eigenvalue weighted by Crippen LogP contribution is -2.12. The van der Waals surface area contributed by atoms with Gasteiger partial charge in [-0.1, -0.05) is 0 Å². The van der Waals surface area contributed by atoms with Crippen molar-refractivity contribution in [1.82, 2.24) is 14.8 Å². The van der Waals surface area contributed by atoms with Gasteiger partial charge >= 0.3 is 6.61 Å². The van der Waals surface area contributed by atoms with Crippen LogP contribution in [-0.4, -0.2) is 27.3 Å². The molecule has 1 amide bonds. The Balaban J connectivity index is 1.70. The first-order valence-corrected chi connectivity index (χ1v) is 7.71. The van der Waals surface area contributed by atoms with E-state index >= 15 is 0 Å². The average molecular weight is 350 g/mol. The number of hydrogen-bond acceptors (Lipinski definition) is 5. The minimum Gasteiger partial charge on any atom is -0.435 e. The molecule has 0 fully saturated rings. The van der Waals surface area contributed by atoms with Gasteiger partial charge in [0.15, 0.2) is 10.8 Å². The topological polar surface area (TPSA) is 69.0 Å². The van der Waals surface area contributed by atoms with Crippen molar-refractivity contribution >= 4 is 22.4 Å². The number of amides is 1. The highest BCUT2D eigenvalue weighted by molar-refractivity contribution is 7.14. The van der Waals surface area contributed by atoms with Crippen LogP contribution in [0.1, 0.15) is 10.5 Å². The number of carbonyl (C=O) groups excluding carboxylic acids is 1. The summed E-state index contributed by atoms with van der Waals surface area (Å²) in [5.41, 5.74) is 1.65. The van der Waals surface area contributed by atoms with Crippen molar-refractivity contribution in [2.45, 2.75) is 6.61 Å². The van der Waals surface area contributed by atoms with Crippen LogP contribution in [0.25, 0.3) is 11.3 Å². The Kier molecular flexibility index (Phi) is 4.52. The molecule has 3 rings (SSSR count). The van der Waals surface area contributed by atoms with Crippen LogP contribution in [-0.2, 0) is 7.05 Å². The summed E-state index contributed by atoms with van der Waals surface area (Å²) in [5, 5.41) is 8.86. The second kappa shape index (κ2) is 6.75. The first-order valence-electron chi connectivity index (χ1n) is 6.83. The number of hydrogen-bond donors (Lipinski definition) is 1. The molecule has 0 bridgehead atoms. The molecular formula is C15H12F2N4O2S. The lowest BCUT2D eigenvalue weighted by molar-refractivity contribution is -0.0498. The maximum atomic E-state index is 12.1. The number of ether oxygens (including phenoxy) is 1. The van der Waals surface area contributed by atoms with E-state index in [9.17, 15) is 13.6 Å². The number of aromatic nitrogens is 3. The zero-order valence-corrected chi connectivity index (χ0v) is 13.3. The number of thiazole rings is 1. The first-order chi connectivity index (χ1) is 11.5. The van der Waals surface area contributed by atoms with E-state index in [1.807, 2.05) is 0 Å². The van der Waals surface area contributed by atoms with Crippen LogP contribution in [0.2, 0.25) is 0 Å². The van der Waals surface area contributed by atoms with Crippen LogP contribution in [0.5, 0.6) is 5.75 Å². The minimum atomic E-state index is -2.86. The zero-order valence-electron chi connectivity index (χ0n) is 12.4. The Labute approximate surface area is 139 Å². The molecule has 24 heavy (non-hydrogen) atoms. The Bertz CT molecular complexity index is 845. The van der Waals surface area contributed by atoms with Gasteiger partial charge in [-0.15, -0.1) is 11.3 Å². The highest BCUT2D eigenvalue weighted by atomic mass is 32.1. The Morgan fingerprint density at radius 2 is 2.04 bits per heavy atom. The van der Waals surface area contributed by atoms with Crippen LogP contribution in [0.3, 0.4) is 0 Å². The highest BCUT2D eigenvalue weighted by Crippen LogP contribution is 2.27. The molecule has 0 saturated carbocycles. The standard InChI is InChI=1S/C15H12F2N4O2S/c1-21-7-6-11(20-21)13(22)19-15-18-12(8-24-15)9-2-4-10(5-3-9)23-14(16)17/h2-8,14H,1H3,(H,18,19,22). The van der Waals surface area contributed by atoms with Crippen LogP contribution >= 0.6 is 11.3 Å². The molecule has 0 unspecified atom stereocenters. The third-order valence-electron chi connectivity index (χ3n) is 3.05. The summed E-state index contributed by atoms with van der Waals surface area (Å²) in [4.78, 5) is 16.3. The van der Waals surface area contributed by atoms with Crippen molar-refractivity contribution in [2.24, 2.45) is 7.05 Å². The van der Waals surface area contributed by atoms with Crippen LogP contribution < -0.4 is 10.1 Å². The average Bonchev–Trinajstić information content (AvgIpc) is 3.17. The second-order valence-corrected chi connectivity index (χ2v) is 5.63.